The van der Waals surface area contributed by atoms with Crippen LogP contribution in [-0.2, 0) is 4.79 Å². The van der Waals surface area contributed by atoms with Gasteiger partial charge in [-0.1, -0.05) is 13.0 Å². The summed E-state index contributed by atoms with van der Waals surface area (Å²) >= 11 is 0. The maximum atomic E-state index is 11.8. The Labute approximate surface area is 115 Å². The topological polar surface area (TPSA) is 71.2 Å². The van der Waals surface area contributed by atoms with E-state index >= 15 is 0 Å². The first-order chi connectivity index (χ1) is 9.06. The Morgan fingerprint density at radius 2 is 2.32 bits per heavy atom. The van der Waals surface area contributed by atoms with Gasteiger partial charge in [-0.05, 0) is 32.0 Å². The van der Waals surface area contributed by atoms with Gasteiger partial charge in [-0.3, -0.25) is 14.7 Å². The van der Waals surface area contributed by atoms with E-state index in [1.54, 1.807) is 12.4 Å². The lowest BCUT2D eigenvalue weighted by Gasteiger charge is -2.30. The SMILES string of the molecule is CCCNC(=O)CN(C)C(c1cccnc1)C(C)N. The van der Waals surface area contributed by atoms with Gasteiger partial charge in [0, 0.05) is 25.0 Å². The predicted molar refractivity (Wildman–Crippen MR) is 76.6 cm³/mol. The monoisotopic (exact) mass is 264 g/mol. The van der Waals surface area contributed by atoms with Gasteiger partial charge in [0.25, 0.3) is 0 Å². The number of aromatic nitrogens is 1. The minimum Gasteiger partial charge on any atom is -0.355 e. The van der Waals surface area contributed by atoms with E-state index in [9.17, 15) is 4.79 Å². The smallest absolute Gasteiger partial charge is 0.234 e. The number of hydrogen-bond acceptors (Lipinski definition) is 4. The first-order valence-electron chi connectivity index (χ1n) is 6.68. The number of nitrogens with two attached hydrogens (primary N) is 1. The summed E-state index contributed by atoms with van der Waals surface area (Å²) in [5, 5.41) is 2.87. The fourth-order valence-electron chi connectivity index (χ4n) is 2.16. The normalized spacial score (nSPS) is 14.2. The Bertz CT molecular complexity index is 380. The second-order valence-electron chi connectivity index (χ2n) is 4.86. The lowest BCUT2D eigenvalue weighted by atomic mass is 10.0. The van der Waals surface area contributed by atoms with Gasteiger partial charge in [-0.2, -0.15) is 0 Å². The van der Waals surface area contributed by atoms with Crippen LogP contribution >= 0.6 is 0 Å². The molecule has 1 heterocycles. The zero-order valence-corrected chi connectivity index (χ0v) is 12.0. The first kappa shape index (κ1) is 15.6. The third-order valence-electron chi connectivity index (χ3n) is 2.96. The second kappa shape index (κ2) is 7.86. The highest BCUT2D eigenvalue weighted by molar-refractivity contribution is 5.78. The fourth-order valence-corrected chi connectivity index (χ4v) is 2.16. The average Bonchev–Trinajstić information content (AvgIpc) is 2.37. The minimum absolute atomic E-state index is 0.0129. The van der Waals surface area contributed by atoms with Gasteiger partial charge in [0.2, 0.25) is 5.91 Å². The maximum absolute atomic E-state index is 11.8. The highest BCUT2D eigenvalue weighted by Crippen LogP contribution is 2.20. The highest BCUT2D eigenvalue weighted by atomic mass is 16.2. The van der Waals surface area contributed by atoms with Crippen molar-refractivity contribution < 1.29 is 4.79 Å². The van der Waals surface area contributed by atoms with Crippen molar-refractivity contribution >= 4 is 5.91 Å². The number of likely N-dealkylation sites (N-methyl/N-ethyl adjacent to an activating group) is 1. The molecule has 0 aromatic carbocycles. The first-order valence-corrected chi connectivity index (χ1v) is 6.68. The van der Waals surface area contributed by atoms with Crippen molar-refractivity contribution in [3.8, 4) is 0 Å². The van der Waals surface area contributed by atoms with Crippen LogP contribution in [0.2, 0.25) is 0 Å². The van der Waals surface area contributed by atoms with Gasteiger partial charge in [0.1, 0.15) is 0 Å². The van der Waals surface area contributed by atoms with Crippen molar-refractivity contribution in [1.82, 2.24) is 15.2 Å². The van der Waals surface area contributed by atoms with E-state index < -0.39 is 0 Å². The summed E-state index contributed by atoms with van der Waals surface area (Å²) in [4.78, 5) is 17.8. The standard InChI is InChI=1S/C14H24N4O/c1-4-7-17-13(19)10-18(3)14(11(2)15)12-6-5-8-16-9-12/h5-6,8-9,11,14H,4,7,10,15H2,1-3H3,(H,17,19). The van der Waals surface area contributed by atoms with E-state index in [-0.39, 0.29) is 18.0 Å². The summed E-state index contributed by atoms with van der Waals surface area (Å²) in [6.07, 6.45) is 4.47. The Morgan fingerprint density at radius 1 is 1.58 bits per heavy atom. The lowest BCUT2D eigenvalue weighted by molar-refractivity contribution is -0.122. The number of pyridine rings is 1. The van der Waals surface area contributed by atoms with Gasteiger partial charge < -0.3 is 11.1 Å². The summed E-state index contributed by atoms with van der Waals surface area (Å²) in [6.45, 7) is 5.02. The van der Waals surface area contributed by atoms with Crippen LogP contribution in [0.25, 0.3) is 0 Å². The fraction of sp³-hybridized carbons (Fsp3) is 0.571. The molecule has 1 rings (SSSR count). The number of hydrogen-bond donors (Lipinski definition) is 2. The van der Waals surface area contributed by atoms with Crippen LogP contribution < -0.4 is 11.1 Å². The molecule has 0 aliphatic carbocycles. The molecule has 5 nitrogen and oxygen atoms in total. The van der Waals surface area contributed by atoms with Gasteiger partial charge in [0.15, 0.2) is 0 Å². The van der Waals surface area contributed by atoms with Crippen LogP contribution in [0.15, 0.2) is 24.5 Å². The number of carbonyl (C=O) groups is 1. The van der Waals surface area contributed by atoms with Crippen LogP contribution in [0.5, 0.6) is 0 Å². The molecule has 0 radical (unpaired) electrons. The Hall–Kier alpha value is -1.46. The summed E-state index contributed by atoms with van der Waals surface area (Å²) in [7, 11) is 1.91. The number of rotatable bonds is 7. The van der Waals surface area contributed by atoms with E-state index in [1.807, 2.05) is 37.9 Å². The highest BCUT2D eigenvalue weighted by Gasteiger charge is 2.22. The number of nitrogens with zero attached hydrogens (tertiary/aromatic N) is 2. The van der Waals surface area contributed by atoms with Crippen LogP contribution in [0.4, 0.5) is 0 Å². The molecule has 1 amide bonds. The molecule has 5 heteroatoms. The van der Waals surface area contributed by atoms with Gasteiger partial charge >= 0.3 is 0 Å². The summed E-state index contributed by atoms with van der Waals surface area (Å²) in [5.41, 5.74) is 7.08. The van der Waals surface area contributed by atoms with E-state index in [4.69, 9.17) is 5.73 Å². The second-order valence-corrected chi connectivity index (χ2v) is 4.86. The Balaban J connectivity index is 2.69. The summed E-state index contributed by atoms with van der Waals surface area (Å²) < 4.78 is 0. The van der Waals surface area contributed by atoms with Crippen molar-refractivity contribution in [3.05, 3.63) is 30.1 Å². The molecule has 0 bridgehead atoms. The Morgan fingerprint density at radius 3 is 2.84 bits per heavy atom. The third kappa shape index (κ3) is 4.96. The molecule has 0 saturated heterocycles. The molecule has 3 N–H and O–H groups in total. The third-order valence-corrected chi connectivity index (χ3v) is 2.96. The zero-order chi connectivity index (χ0) is 14.3. The van der Waals surface area contributed by atoms with Crippen LogP contribution in [0, 0.1) is 0 Å². The molecule has 0 spiro atoms. The van der Waals surface area contributed by atoms with Crippen LogP contribution in [0.3, 0.4) is 0 Å². The molecular formula is C14H24N4O. The zero-order valence-electron chi connectivity index (χ0n) is 12.0. The largest absolute Gasteiger partial charge is 0.355 e. The molecule has 0 aliphatic heterocycles. The lowest BCUT2D eigenvalue weighted by Crippen LogP contribution is -2.42. The molecule has 0 aliphatic rings. The molecule has 0 fully saturated rings. The molecule has 2 atom stereocenters. The molecule has 0 saturated carbocycles. The number of carbonyl (C=O) groups excluding carboxylic acids is 1. The maximum Gasteiger partial charge on any atom is 0.234 e. The van der Waals surface area contributed by atoms with Gasteiger partial charge in [-0.25, -0.2) is 0 Å². The molecule has 1 aromatic rings. The Kier molecular flexibility index (Phi) is 6.45. The molecule has 19 heavy (non-hydrogen) atoms. The van der Waals surface area contributed by atoms with E-state index in [1.165, 1.54) is 0 Å². The van der Waals surface area contributed by atoms with Crippen molar-refractivity contribution in [2.75, 3.05) is 20.1 Å². The van der Waals surface area contributed by atoms with E-state index in [0.29, 0.717) is 13.1 Å². The van der Waals surface area contributed by atoms with Gasteiger partial charge in [-0.15, -0.1) is 0 Å². The molecular weight excluding hydrogens is 240 g/mol. The predicted octanol–water partition coefficient (Wildman–Crippen LogP) is 0.928. The van der Waals surface area contributed by atoms with Gasteiger partial charge in [0.05, 0.1) is 12.6 Å². The quantitative estimate of drug-likeness (QED) is 0.768. The summed E-state index contributed by atoms with van der Waals surface area (Å²) in [5.74, 6) is 0.0268. The average molecular weight is 264 g/mol. The van der Waals surface area contributed by atoms with Crippen LogP contribution in [-0.4, -0.2) is 42.0 Å². The molecule has 106 valence electrons. The van der Waals surface area contributed by atoms with E-state index in [2.05, 4.69) is 10.3 Å². The van der Waals surface area contributed by atoms with Crippen LogP contribution in [0.1, 0.15) is 31.9 Å². The van der Waals surface area contributed by atoms with Crippen molar-refractivity contribution in [2.45, 2.75) is 32.4 Å². The van der Waals surface area contributed by atoms with Crippen molar-refractivity contribution in [1.29, 1.82) is 0 Å². The molecule has 2 unspecified atom stereocenters. The number of nitrogens with one attached hydrogen (secondary N) is 1. The van der Waals surface area contributed by atoms with Crippen molar-refractivity contribution in [3.63, 3.8) is 0 Å². The van der Waals surface area contributed by atoms with E-state index in [0.717, 1.165) is 12.0 Å². The summed E-state index contributed by atoms with van der Waals surface area (Å²) in [6, 6.07) is 3.78. The number of amides is 1. The molecule has 1 aromatic heterocycles. The minimum atomic E-state index is -0.0758. The van der Waals surface area contributed by atoms with Crippen molar-refractivity contribution in [2.24, 2.45) is 5.73 Å².